The van der Waals surface area contributed by atoms with Gasteiger partial charge in [-0.25, -0.2) is 4.79 Å². The van der Waals surface area contributed by atoms with Gasteiger partial charge in [-0.05, 0) is 44.0 Å². The first kappa shape index (κ1) is 14.5. The number of hydrogen-bond acceptors (Lipinski definition) is 4. The first-order chi connectivity index (χ1) is 8.77. The Labute approximate surface area is 108 Å². The molecule has 0 bridgehead atoms. The molecule has 0 aliphatic rings. The number of carbonyl (C=O) groups excluding carboxylic acids is 1. The number of benzene rings is 1. The van der Waals surface area contributed by atoms with E-state index in [0.717, 1.165) is 18.6 Å². The lowest BCUT2D eigenvalue weighted by atomic mass is 10.2. The van der Waals surface area contributed by atoms with Crippen molar-refractivity contribution in [3.8, 4) is 5.75 Å². The van der Waals surface area contributed by atoms with E-state index in [1.165, 1.54) is 0 Å². The van der Waals surface area contributed by atoms with Crippen LogP contribution in [0.5, 0.6) is 5.75 Å². The fourth-order valence-electron chi connectivity index (χ4n) is 1.45. The van der Waals surface area contributed by atoms with Gasteiger partial charge in [-0.2, -0.15) is 0 Å². The minimum Gasteiger partial charge on any atom is -0.494 e. The van der Waals surface area contributed by atoms with Crippen molar-refractivity contribution in [2.75, 3.05) is 26.9 Å². The van der Waals surface area contributed by atoms with E-state index in [0.29, 0.717) is 25.4 Å². The Morgan fingerprint density at radius 1 is 1.11 bits per heavy atom. The van der Waals surface area contributed by atoms with Crippen molar-refractivity contribution in [1.82, 2.24) is 0 Å². The molecule has 0 radical (unpaired) electrons. The fraction of sp³-hybridized carbons (Fsp3) is 0.500. The van der Waals surface area contributed by atoms with Crippen LogP contribution in [0.25, 0.3) is 0 Å². The highest BCUT2D eigenvalue weighted by Gasteiger charge is 2.06. The summed E-state index contributed by atoms with van der Waals surface area (Å²) in [7, 11) is 1.66. The maximum Gasteiger partial charge on any atom is 0.338 e. The Morgan fingerprint density at radius 2 is 1.78 bits per heavy atom. The average molecular weight is 252 g/mol. The van der Waals surface area contributed by atoms with E-state index in [1.807, 2.05) is 6.92 Å². The van der Waals surface area contributed by atoms with Gasteiger partial charge in [0.05, 0.1) is 18.8 Å². The van der Waals surface area contributed by atoms with Gasteiger partial charge in [0.1, 0.15) is 5.75 Å². The molecule has 4 heteroatoms. The molecule has 0 amide bonds. The summed E-state index contributed by atoms with van der Waals surface area (Å²) in [5.41, 5.74) is 0.546. The molecule has 0 spiro atoms. The van der Waals surface area contributed by atoms with Crippen LogP contribution in [0.2, 0.25) is 0 Å². The standard InChI is InChI=1S/C14H20O4/c1-3-17-13-8-6-12(7-9-13)14(15)18-11-5-4-10-16-2/h6-9H,3-5,10-11H2,1-2H3. The van der Waals surface area contributed by atoms with Gasteiger partial charge >= 0.3 is 5.97 Å². The summed E-state index contributed by atoms with van der Waals surface area (Å²) in [5.74, 6) is 0.463. The zero-order valence-electron chi connectivity index (χ0n) is 11.0. The first-order valence-corrected chi connectivity index (χ1v) is 6.17. The lowest BCUT2D eigenvalue weighted by Crippen LogP contribution is -2.07. The third-order valence-electron chi connectivity index (χ3n) is 2.38. The monoisotopic (exact) mass is 252 g/mol. The zero-order chi connectivity index (χ0) is 13.2. The minimum absolute atomic E-state index is 0.296. The number of carbonyl (C=O) groups is 1. The summed E-state index contributed by atoms with van der Waals surface area (Å²) < 4.78 is 15.4. The predicted molar refractivity (Wildman–Crippen MR) is 69.0 cm³/mol. The summed E-state index contributed by atoms with van der Waals surface area (Å²) in [6.07, 6.45) is 1.71. The van der Waals surface area contributed by atoms with E-state index in [9.17, 15) is 4.79 Å². The van der Waals surface area contributed by atoms with Crippen LogP contribution < -0.4 is 4.74 Å². The number of esters is 1. The number of methoxy groups -OCH3 is 1. The van der Waals surface area contributed by atoms with Crippen molar-refractivity contribution in [3.63, 3.8) is 0 Å². The van der Waals surface area contributed by atoms with Crippen LogP contribution in [0.1, 0.15) is 30.1 Å². The van der Waals surface area contributed by atoms with Crippen LogP contribution in [0.3, 0.4) is 0 Å². The molecule has 4 nitrogen and oxygen atoms in total. The summed E-state index contributed by atoms with van der Waals surface area (Å²) >= 11 is 0. The summed E-state index contributed by atoms with van der Waals surface area (Å²) in [4.78, 5) is 11.7. The molecule has 100 valence electrons. The molecular formula is C14H20O4. The molecule has 1 rings (SSSR count). The van der Waals surface area contributed by atoms with Gasteiger partial charge in [0.2, 0.25) is 0 Å². The van der Waals surface area contributed by atoms with E-state index in [-0.39, 0.29) is 5.97 Å². The second-order valence-electron chi connectivity index (χ2n) is 3.79. The van der Waals surface area contributed by atoms with E-state index in [2.05, 4.69) is 0 Å². The summed E-state index contributed by atoms with van der Waals surface area (Å²) in [5, 5.41) is 0. The Bertz CT molecular complexity index is 345. The molecule has 0 aliphatic heterocycles. The van der Waals surface area contributed by atoms with Crippen molar-refractivity contribution < 1.29 is 19.0 Å². The molecule has 0 aromatic heterocycles. The topological polar surface area (TPSA) is 44.8 Å². The molecular weight excluding hydrogens is 232 g/mol. The molecule has 1 aromatic carbocycles. The van der Waals surface area contributed by atoms with Crippen molar-refractivity contribution >= 4 is 5.97 Å². The Hall–Kier alpha value is -1.55. The summed E-state index contributed by atoms with van der Waals surface area (Å²) in [6.45, 7) is 3.65. The predicted octanol–water partition coefficient (Wildman–Crippen LogP) is 2.67. The zero-order valence-corrected chi connectivity index (χ0v) is 11.0. The third kappa shape index (κ3) is 5.19. The number of unbranched alkanes of at least 4 members (excludes halogenated alkanes) is 1. The minimum atomic E-state index is -0.296. The fourth-order valence-corrected chi connectivity index (χ4v) is 1.45. The normalized spacial score (nSPS) is 10.1. The maximum absolute atomic E-state index is 11.7. The molecule has 0 aliphatic carbocycles. The van der Waals surface area contributed by atoms with E-state index in [4.69, 9.17) is 14.2 Å². The number of ether oxygens (including phenoxy) is 3. The van der Waals surface area contributed by atoms with E-state index >= 15 is 0 Å². The first-order valence-electron chi connectivity index (χ1n) is 6.17. The second-order valence-corrected chi connectivity index (χ2v) is 3.79. The average Bonchev–Trinajstić information content (AvgIpc) is 2.39. The lowest BCUT2D eigenvalue weighted by molar-refractivity contribution is 0.0489. The van der Waals surface area contributed by atoms with Crippen molar-refractivity contribution in [3.05, 3.63) is 29.8 Å². The Kier molecular flexibility index (Phi) is 6.87. The van der Waals surface area contributed by atoms with Crippen LogP contribution in [-0.4, -0.2) is 32.9 Å². The summed E-state index contributed by atoms with van der Waals surface area (Å²) in [6, 6.07) is 6.96. The Balaban J connectivity index is 2.32. The van der Waals surface area contributed by atoms with Crippen molar-refractivity contribution in [2.24, 2.45) is 0 Å². The van der Waals surface area contributed by atoms with Crippen LogP contribution in [0.4, 0.5) is 0 Å². The largest absolute Gasteiger partial charge is 0.494 e. The number of hydrogen-bond donors (Lipinski definition) is 0. The molecule has 0 saturated heterocycles. The van der Waals surface area contributed by atoms with Gasteiger partial charge < -0.3 is 14.2 Å². The third-order valence-corrected chi connectivity index (χ3v) is 2.38. The Morgan fingerprint density at radius 3 is 2.39 bits per heavy atom. The quantitative estimate of drug-likeness (QED) is 0.527. The lowest BCUT2D eigenvalue weighted by Gasteiger charge is -2.06. The van der Waals surface area contributed by atoms with Crippen LogP contribution in [0, 0.1) is 0 Å². The highest BCUT2D eigenvalue weighted by molar-refractivity contribution is 5.89. The van der Waals surface area contributed by atoms with E-state index in [1.54, 1.807) is 31.4 Å². The van der Waals surface area contributed by atoms with Gasteiger partial charge in [-0.1, -0.05) is 0 Å². The van der Waals surface area contributed by atoms with Gasteiger partial charge in [0.15, 0.2) is 0 Å². The molecule has 0 atom stereocenters. The molecule has 0 saturated carbocycles. The highest BCUT2D eigenvalue weighted by Crippen LogP contribution is 2.12. The molecule has 1 aromatic rings. The van der Waals surface area contributed by atoms with Crippen molar-refractivity contribution in [1.29, 1.82) is 0 Å². The SMILES string of the molecule is CCOc1ccc(C(=O)OCCCCOC)cc1. The van der Waals surface area contributed by atoms with Crippen LogP contribution >= 0.6 is 0 Å². The van der Waals surface area contributed by atoms with Gasteiger partial charge in [0.25, 0.3) is 0 Å². The van der Waals surface area contributed by atoms with Crippen LogP contribution in [0.15, 0.2) is 24.3 Å². The second kappa shape index (κ2) is 8.53. The van der Waals surface area contributed by atoms with Crippen molar-refractivity contribution in [2.45, 2.75) is 19.8 Å². The molecule has 0 N–H and O–H groups in total. The van der Waals surface area contributed by atoms with Crippen LogP contribution in [-0.2, 0) is 9.47 Å². The number of rotatable bonds is 8. The highest BCUT2D eigenvalue weighted by atomic mass is 16.5. The molecule has 0 unspecified atom stereocenters. The molecule has 0 fully saturated rings. The van der Waals surface area contributed by atoms with E-state index < -0.39 is 0 Å². The van der Waals surface area contributed by atoms with Gasteiger partial charge in [-0.3, -0.25) is 0 Å². The molecule has 18 heavy (non-hydrogen) atoms. The maximum atomic E-state index is 11.7. The molecule has 0 heterocycles. The smallest absolute Gasteiger partial charge is 0.338 e. The van der Waals surface area contributed by atoms with Gasteiger partial charge in [-0.15, -0.1) is 0 Å². The van der Waals surface area contributed by atoms with Gasteiger partial charge in [0, 0.05) is 13.7 Å².